The molecule has 0 spiro atoms. The van der Waals surface area contributed by atoms with E-state index in [0.717, 1.165) is 24.0 Å². The molecule has 0 amide bonds. The first-order chi connectivity index (χ1) is 8.36. The van der Waals surface area contributed by atoms with Crippen LogP contribution in [0.5, 0.6) is 5.75 Å². The quantitative estimate of drug-likeness (QED) is 0.787. The van der Waals surface area contributed by atoms with Gasteiger partial charge in [-0.1, -0.05) is 12.1 Å². The summed E-state index contributed by atoms with van der Waals surface area (Å²) in [5.74, 6) is 0.809. The first kappa shape index (κ1) is 10.5. The number of pyridine rings is 1. The van der Waals surface area contributed by atoms with E-state index in [1.165, 1.54) is 18.4 Å². The van der Waals surface area contributed by atoms with Crippen LogP contribution in [0, 0.1) is 0 Å². The second-order valence-corrected chi connectivity index (χ2v) is 4.62. The molecule has 0 radical (unpaired) electrons. The summed E-state index contributed by atoms with van der Waals surface area (Å²) in [7, 11) is 0. The molecule has 1 fully saturated rings. The highest BCUT2D eigenvalue weighted by molar-refractivity contribution is 5.87. The molecule has 3 nitrogen and oxygen atoms in total. The molecule has 0 bridgehead atoms. The molecule has 1 aliphatic rings. The van der Waals surface area contributed by atoms with Gasteiger partial charge in [0.25, 0.3) is 0 Å². The van der Waals surface area contributed by atoms with Crippen molar-refractivity contribution >= 4 is 10.9 Å². The van der Waals surface area contributed by atoms with Crippen LogP contribution in [0.3, 0.4) is 0 Å². The summed E-state index contributed by atoms with van der Waals surface area (Å²) in [6.45, 7) is 2.14. The minimum Gasteiger partial charge on any atom is -0.506 e. The number of hydrogen-bond donors (Lipinski definition) is 2. The highest BCUT2D eigenvalue weighted by Crippen LogP contribution is 2.32. The standard InChI is InChI=1S/C14H16N2O/c17-13-6-5-11(10-3-1-7-15-9-10)12-4-2-8-16-14(12)13/h2,4-6,8,10,15,17H,1,3,7,9H2. The normalized spacial score (nSPS) is 20.6. The lowest BCUT2D eigenvalue weighted by Crippen LogP contribution is -2.28. The second-order valence-electron chi connectivity index (χ2n) is 4.62. The Labute approximate surface area is 100 Å². The number of nitrogens with one attached hydrogen (secondary N) is 1. The van der Waals surface area contributed by atoms with Crippen molar-refractivity contribution in [3.05, 3.63) is 36.0 Å². The molecule has 3 heteroatoms. The summed E-state index contributed by atoms with van der Waals surface area (Å²) < 4.78 is 0. The third-order valence-electron chi connectivity index (χ3n) is 3.52. The zero-order chi connectivity index (χ0) is 11.7. The average Bonchev–Trinajstić information content (AvgIpc) is 2.41. The summed E-state index contributed by atoms with van der Waals surface area (Å²) in [4.78, 5) is 4.27. The van der Waals surface area contributed by atoms with E-state index >= 15 is 0 Å². The fourth-order valence-corrected chi connectivity index (χ4v) is 2.65. The van der Waals surface area contributed by atoms with Crippen LogP contribution < -0.4 is 5.32 Å². The lowest BCUT2D eigenvalue weighted by molar-refractivity contribution is 0.461. The predicted octanol–water partition coefficient (Wildman–Crippen LogP) is 2.41. The van der Waals surface area contributed by atoms with Crippen LogP contribution >= 0.6 is 0 Å². The lowest BCUT2D eigenvalue weighted by atomic mass is 9.89. The number of benzene rings is 1. The maximum absolute atomic E-state index is 9.82. The van der Waals surface area contributed by atoms with Gasteiger partial charge in [-0.2, -0.15) is 0 Å². The molecule has 88 valence electrons. The number of aromatic nitrogens is 1. The van der Waals surface area contributed by atoms with E-state index in [1.807, 2.05) is 18.2 Å². The maximum Gasteiger partial charge on any atom is 0.141 e. The number of aromatic hydroxyl groups is 1. The maximum atomic E-state index is 9.82. The molecule has 17 heavy (non-hydrogen) atoms. The van der Waals surface area contributed by atoms with Gasteiger partial charge in [0.15, 0.2) is 0 Å². The van der Waals surface area contributed by atoms with Crippen LogP contribution in [0.25, 0.3) is 10.9 Å². The van der Waals surface area contributed by atoms with Gasteiger partial charge >= 0.3 is 0 Å². The third kappa shape index (κ3) is 1.87. The van der Waals surface area contributed by atoms with Crippen molar-refractivity contribution < 1.29 is 5.11 Å². The van der Waals surface area contributed by atoms with Crippen molar-refractivity contribution in [3.63, 3.8) is 0 Å². The van der Waals surface area contributed by atoms with Crippen molar-refractivity contribution in [1.29, 1.82) is 0 Å². The molecule has 2 N–H and O–H groups in total. The largest absolute Gasteiger partial charge is 0.506 e. The van der Waals surface area contributed by atoms with Crippen molar-refractivity contribution in [2.45, 2.75) is 18.8 Å². The van der Waals surface area contributed by atoms with Gasteiger partial charge in [0, 0.05) is 18.1 Å². The molecular formula is C14H16N2O. The molecule has 1 aromatic heterocycles. The summed E-state index contributed by atoms with van der Waals surface area (Å²) in [5, 5.41) is 14.3. The Morgan fingerprint density at radius 2 is 2.24 bits per heavy atom. The molecule has 0 saturated carbocycles. The minimum atomic E-state index is 0.271. The van der Waals surface area contributed by atoms with Crippen LogP contribution in [-0.2, 0) is 0 Å². The van der Waals surface area contributed by atoms with E-state index in [0.29, 0.717) is 5.92 Å². The SMILES string of the molecule is Oc1ccc(C2CCCNC2)c2cccnc12. The Hall–Kier alpha value is -1.61. The van der Waals surface area contributed by atoms with Gasteiger partial charge in [-0.05, 0) is 43.0 Å². The molecular weight excluding hydrogens is 212 g/mol. The van der Waals surface area contributed by atoms with E-state index < -0.39 is 0 Å². The zero-order valence-corrected chi connectivity index (χ0v) is 9.69. The van der Waals surface area contributed by atoms with Gasteiger partial charge in [-0.15, -0.1) is 0 Å². The molecule has 1 aliphatic heterocycles. The monoisotopic (exact) mass is 228 g/mol. The van der Waals surface area contributed by atoms with E-state index in [9.17, 15) is 5.11 Å². The van der Waals surface area contributed by atoms with Crippen LogP contribution in [0.15, 0.2) is 30.5 Å². The minimum absolute atomic E-state index is 0.271. The van der Waals surface area contributed by atoms with Gasteiger partial charge in [0.1, 0.15) is 11.3 Å². The Morgan fingerprint density at radius 1 is 1.29 bits per heavy atom. The Bertz CT molecular complexity index is 533. The van der Waals surface area contributed by atoms with Crippen molar-refractivity contribution in [2.24, 2.45) is 0 Å². The third-order valence-corrected chi connectivity index (χ3v) is 3.52. The molecule has 3 rings (SSSR count). The molecule has 2 heterocycles. The highest BCUT2D eigenvalue weighted by atomic mass is 16.3. The molecule has 1 unspecified atom stereocenters. The first-order valence-electron chi connectivity index (χ1n) is 6.13. The number of phenols is 1. The summed E-state index contributed by atoms with van der Waals surface area (Å²) in [5.41, 5.74) is 2.02. The van der Waals surface area contributed by atoms with E-state index in [4.69, 9.17) is 0 Å². The zero-order valence-electron chi connectivity index (χ0n) is 9.69. The first-order valence-corrected chi connectivity index (χ1v) is 6.13. The summed E-state index contributed by atoms with van der Waals surface area (Å²) >= 11 is 0. The fourth-order valence-electron chi connectivity index (χ4n) is 2.65. The summed E-state index contributed by atoms with van der Waals surface area (Å²) in [6, 6.07) is 7.78. The van der Waals surface area contributed by atoms with Crippen LogP contribution in [-0.4, -0.2) is 23.2 Å². The van der Waals surface area contributed by atoms with Crippen LogP contribution in [0.1, 0.15) is 24.3 Å². The number of hydrogen-bond acceptors (Lipinski definition) is 3. The number of phenolic OH excluding ortho intramolecular Hbond substituents is 1. The van der Waals surface area contributed by atoms with Crippen molar-refractivity contribution in [1.82, 2.24) is 10.3 Å². The number of rotatable bonds is 1. The van der Waals surface area contributed by atoms with Gasteiger partial charge in [-0.3, -0.25) is 4.98 Å². The van der Waals surface area contributed by atoms with Gasteiger partial charge < -0.3 is 10.4 Å². The van der Waals surface area contributed by atoms with Gasteiger partial charge in [0.2, 0.25) is 0 Å². The van der Waals surface area contributed by atoms with Gasteiger partial charge in [0.05, 0.1) is 0 Å². The molecule has 1 saturated heterocycles. The molecule has 1 atom stereocenters. The topological polar surface area (TPSA) is 45.1 Å². The number of nitrogens with zero attached hydrogens (tertiary/aromatic N) is 1. The Kier molecular flexibility index (Phi) is 2.69. The van der Waals surface area contributed by atoms with E-state index in [-0.39, 0.29) is 5.75 Å². The van der Waals surface area contributed by atoms with E-state index in [1.54, 1.807) is 12.3 Å². The predicted molar refractivity (Wildman–Crippen MR) is 68.3 cm³/mol. The van der Waals surface area contributed by atoms with Crippen LogP contribution in [0.4, 0.5) is 0 Å². The highest BCUT2D eigenvalue weighted by Gasteiger charge is 2.18. The van der Waals surface area contributed by atoms with Crippen molar-refractivity contribution in [3.8, 4) is 5.75 Å². The average molecular weight is 228 g/mol. The van der Waals surface area contributed by atoms with Crippen molar-refractivity contribution in [2.75, 3.05) is 13.1 Å². The summed E-state index contributed by atoms with van der Waals surface area (Å²) in [6.07, 6.45) is 4.15. The smallest absolute Gasteiger partial charge is 0.141 e. The Balaban J connectivity index is 2.12. The number of fused-ring (bicyclic) bond motifs is 1. The molecule has 2 aromatic rings. The molecule has 0 aliphatic carbocycles. The lowest BCUT2D eigenvalue weighted by Gasteiger charge is -2.24. The van der Waals surface area contributed by atoms with Gasteiger partial charge in [-0.25, -0.2) is 0 Å². The van der Waals surface area contributed by atoms with E-state index in [2.05, 4.69) is 10.3 Å². The van der Waals surface area contributed by atoms with Crippen LogP contribution in [0.2, 0.25) is 0 Å². The molecule has 1 aromatic carbocycles. The second kappa shape index (κ2) is 4.34. The number of piperidine rings is 1. The Morgan fingerprint density at radius 3 is 3.06 bits per heavy atom. The fraction of sp³-hybridized carbons (Fsp3) is 0.357.